The molecule has 29 heavy (non-hydrogen) atoms. The van der Waals surface area contributed by atoms with Gasteiger partial charge in [0.05, 0.1) is 20.0 Å². The first-order valence-corrected chi connectivity index (χ1v) is 10.4. The molecule has 0 bridgehead atoms. The third-order valence-corrected chi connectivity index (χ3v) is 6.33. The Morgan fingerprint density at radius 3 is 2.38 bits per heavy atom. The molecule has 0 aliphatic rings. The molecule has 0 spiro atoms. The van der Waals surface area contributed by atoms with Gasteiger partial charge in [-0.25, -0.2) is 4.98 Å². The van der Waals surface area contributed by atoms with Crippen molar-refractivity contribution >= 4 is 56.1 Å². The molecular formula is C21H17N3O3S2. The average molecular weight is 424 g/mol. The lowest BCUT2D eigenvalue weighted by atomic mass is 10.2. The Balaban J connectivity index is 1.43. The van der Waals surface area contributed by atoms with Crippen molar-refractivity contribution < 1.29 is 14.3 Å². The van der Waals surface area contributed by atoms with E-state index in [1.54, 1.807) is 41.7 Å². The summed E-state index contributed by atoms with van der Waals surface area (Å²) in [5, 5.41) is 6.49. The van der Waals surface area contributed by atoms with Crippen LogP contribution in [0.25, 0.3) is 20.1 Å². The normalized spacial score (nSPS) is 10.8. The summed E-state index contributed by atoms with van der Waals surface area (Å²) in [5.74, 6) is -0.413. The second-order valence-corrected chi connectivity index (χ2v) is 8.28. The largest absolute Gasteiger partial charge is 0.375 e. The Hall–Kier alpha value is -3.07. The van der Waals surface area contributed by atoms with E-state index in [4.69, 9.17) is 4.74 Å². The van der Waals surface area contributed by atoms with Gasteiger partial charge in [-0.05, 0) is 48.5 Å². The minimum Gasteiger partial charge on any atom is -0.375 e. The molecule has 2 aromatic heterocycles. The van der Waals surface area contributed by atoms with Crippen LogP contribution in [0.3, 0.4) is 0 Å². The molecule has 6 nitrogen and oxygen atoms in total. The van der Waals surface area contributed by atoms with Crippen molar-refractivity contribution in [1.82, 2.24) is 4.98 Å². The number of methoxy groups -OCH3 is 1. The van der Waals surface area contributed by atoms with Gasteiger partial charge in [0, 0.05) is 18.5 Å². The molecule has 0 radical (unpaired) electrons. The first-order valence-electron chi connectivity index (χ1n) is 8.78. The molecule has 0 fully saturated rings. The molecule has 2 amide bonds. The van der Waals surface area contributed by atoms with Crippen molar-refractivity contribution in [3.8, 4) is 9.88 Å². The second-order valence-electron chi connectivity index (χ2n) is 6.16. The molecule has 2 N–H and O–H groups in total. The quantitative estimate of drug-likeness (QED) is 0.464. The molecule has 2 aromatic carbocycles. The summed E-state index contributed by atoms with van der Waals surface area (Å²) < 4.78 is 5.91. The van der Waals surface area contributed by atoms with Gasteiger partial charge in [0.1, 0.15) is 11.6 Å². The number of anilines is 2. The highest BCUT2D eigenvalue weighted by Crippen LogP contribution is 2.34. The highest BCUT2D eigenvalue weighted by molar-refractivity contribution is 7.26. The maximum atomic E-state index is 12.6. The maximum absolute atomic E-state index is 12.6. The molecule has 0 unspecified atom stereocenters. The predicted octanol–water partition coefficient (Wildman–Crippen LogP) is 4.86. The number of thiophene rings is 1. The number of ether oxygens (including phenoxy) is 1. The first kappa shape index (κ1) is 19.3. The summed E-state index contributed by atoms with van der Waals surface area (Å²) >= 11 is 3.02. The van der Waals surface area contributed by atoms with Crippen LogP contribution in [0.2, 0.25) is 0 Å². The fourth-order valence-electron chi connectivity index (χ4n) is 2.71. The zero-order chi connectivity index (χ0) is 20.2. The lowest BCUT2D eigenvalue weighted by Gasteiger charge is -2.07. The molecule has 0 saturated carbocycles. The van der Waals surface area contributed by atoms with Crippen LogP contribution in [0.15, 0.2) is 60.7 Å². The first-order chi connectivity index (χ1) is 14.1. The number of rotatable bonds is 6. The molecule has 4 aromatic rings. The van der Waals surface area contributed by atoms with Crippen LogP contribution in [0.1, 0.15) is 9.67 Å². The van der Waals surface area contributed by atoms with Gasteiger partial charge in [0.2, 0.25) is 5.91 Å². The van der Waals surface area contributed by atoms with Crippen molar-refractivity contribution in [3.05, 3.63) is 65.5 Å². The van der Waals surface area contributed by atoms with E-state index in [2.05, 4.69) is 15.6 Å². The number of carbonyl (C=O) groups excluding carboxylic acids is 2. The second kappa shape index (κ2) is 8.52. The number of hydrogen-bond acceptors (Lipinski definition) is 6. The zero-order valence-electron chi connectivity index (χ0n) is 15.5. The number of nitrogens with one attached hydrogen (secondary N) is 2. The Morgan fingerprint density at radius 2 is 1.66 bits per heavy atom. The van der Waals surface area contributed by atoms with E-state index in [1.807, 2.05) is 30.3 Å². The lowest BCUT2D eigenvalue weighted by molar-refractivity contribution is -0.119. The molecule has 0 aliphatic heterocycles. The molecule has 0 atom stereocenters. The highest BCUT2D eigenvalue weighted by Gasteiger charge is 2.13. The number of fused-ring (bicyclic) bond motifs is 1. The Labute approximate surface area is 175 Å². The number of amides is 2. The van der Waals surface area contributed by atoms with Crippen LogP contribution in [-0.2, 0) is 9.53 Å². The number of nitrogens with zero attached hydrogens (tertiary/aromatic N) is 1. The van der Waals surface area contributed by atoms with Crippen LogP contribution in [0.4, 0.5) is 11.4 Å². The smallest absolute Gasteiger partial charge is 0.265 e. The number of para-hydroxylation sites is 1. The highest BCUT2D eigenvalue weighted by atomic mass is 32.1. The zero-order valence-corrected chi connectivity index (χ0v) is 17.1. The van der Waals surface area contributed by atoms with Crippen LogP contribution in [-0.4, -0.2) is 30.5 Å². The molecular weight excluding hydrogens is 406 g/mol. The number of thiazole rings is 1. The molecule has 0 saturated heterocycles. The number of benzene rings is 2. The minimum absolute atomic E-state index is 0.00609. The van der Waals surface area contributed by atoms with Gasteiger partial charge in [0.25, 0.3) is 5.91 Å². The van der Waals surface area contributed by atoms with Gasteiger partial charge in [0.15, 0.2) is 0 Å². The van der Waals surface area contributed by atoms with Crippen molar-refractivity contribution in [2.24, 2.45) is 0 Å². The SMILES string of the molecule is COCC(=O)Nc1ccc(NC(=O)c2ccc(-c3nc4ccccc4s3)s2)cc1. The molecule has 2 heterocycles. The summed E-state index contributed by atoms with van der Waals surface area (Å²) in [6, 6.07) is 18.6. The van der Waals surface area contributed by atoms with Crippen molar-refractivity contribution in [2.75, 3.05) is 24.4 Å². The topological polar surface area (TPSA) is 80.3 Å². The van der Waals surface area contributed by atoms with Gasteiger partial charge in [-0.2, -0.15) is 0 Å². The van der Waals surface area contributed by atoms with Crippen LogP contribution in [0, 0.1) is 0 Å². The van der Waals surface area contributed by atoms with E-state index in [0.717, 1.165) is 20.1 Å². The van der Waals surface area contributed by atoms with Gasteiger partial charge in [-0.3, -0.25) is 9.59 Å². The van der Waals surface area contributed by atoms with Crippen molar-refractivity contribution in [1.29, 1.82) is 0 Å². The van der Waals surface area contributed by atoms with Crippen molar-refractivity contribution in [2.45, 2.75) is 0 Å². The number of aromatic nitrogens is 1. The summed E-state index contributed by atoms with van der Waals surface area (Å²) in [6.45, 7) is -0.00609. The van der Waals surface area contributed by atoms with Crippen LogP contribution < -0.4 is 10.6 Å². The van der Waals surface area contributed by atoms with Gasteiger partial charge in [-0.1, -0.05) is 12.1 Å². The van der Waals surface area contributed by atoms with E-state index >= 15 is 0 Å². The van der Waals surface area contributed by atoms with Crippen LogP contribution >= 0.6 is 22.7 Å². The van der Waals surface area contributed by atoms with Gasteiger partial charge in [-0.15, -0.1) is 22.7 Å². The minimum atomic E-state index is -0.231. The van der Waals surface area contributed by atoms with E-state index < -0.39 is 0 Å². The Morgan fingerprint density at radius 1 is 0.931 bits per heavy atom. The van der Waals surface area contributed by atoms with E-state index in [9.17, 15) is 9.59 Å². The molecule has 4 rings (SSSR count). The summed E-state index contributed by atoms with van der Waals surface area (Å²) in [7, 11) is 1.46. The third-order valence-electron chi connectivity index (χ3n) is 4.04. The third kappa shape index (κ3) is 4.51. The summed E-state index contributed by atoms with van der Waals surface area (Å²) in [5.41, 5.74) is 2.25. The monoisotopic (exact) mass is 423 g/mol. The van der Waals surface area contributed by atoms with E-state index in [-0.39, 0.29) is 18.4 Å². The van der Waals surface area contributed by atoms with E-state index in [0.29, 0.717) is 16.3 Å². The van der Waals surface area contributed by atoms with Crippen molar-refractivity contribution in [3.63, 3.8) is 0 Å². The predicted molar refractivity (Wildman–Crippen MR) is 118 cm³/mol. The number of carbonyl (C=O) groups is 2. The summed E-state index contributed by atoms with van der Waals surface area (Å²) in [4.78, 5) is 30.3. The lowest BCUT2D eigenvalue weighted by Crippen LogP contribution is -2.17. The number of hydrogen-bond donors (Lipinski definition) is 2. The molecule has 146 valence electrons. The summed E-state index contributed by atoms with van der Waals surface area (Å²) in [6.07, 6.45) is 0. The Bertz CT molecular complexity index is 1130. The van der Waals surface area contributed by atoms with Gasteiger partial charge >= 0.3 is 0 Å². The average Bonchev–Trinajstić information content (AvgIpc) is 3.36. The standard InChI is InChI=1S/C21H17N3O3S2/c1-27-12-19(25)22-13-6-8-14(9-7-13)23-20(26)17-10-11-18(28-17)21-24-15-4-2-3-5-16(15)29-21/h2-11H,12H2,1H3,(H,22,25)(H,23,26). The fraction of sp³-hybridized carbons (Fsp3) is 0.0952. The molecule has 8 heteroatoms. The molecule has 0 aliphatic carbocycles. The van der Waals surface area contributed by atoms with Crippen LogP contribution in [0.5, 0.6) is 0 Å². The van der Waals surface area contributed by atoms with Gasteiger partial charge < -0.3 is 15.4 Å². The fourth-order valence-corrected chi connectivity index (χ4v) is 4.63. The maximum Gasteiger partial charge on any atom is 0.265 e. The Kier molecular flexibility index (Phi) is 5.66. The van der Waals surface area contributed by atoms with E-state index in [1.165, 1.54) is 18.4 Å².